The van der Waals surface area contributed by atoms with Gasteiger partial charge in [-0.05, 0) is 0 Å². The Kier molecular flexibility index (Phi) is 7.52. The van der Waals surface area contributed by atoms with Crippen LogP contribution in [0.15, 0.2) is 0 Å². The molecule has 2 atom stereocenters. The van der Waals surface area contributed by atoms with E-state index >= 15 is 0 Å². The second kappa shape index (κ2) is 5.47. The molecule has 1 aliphatic rings. The first kappa shape index (κ1) is 12.4. The van der Waals surface area contributed by atoms with Crippen LogP contribution in [0.3, 0.4) is 0 Å². The monoisotopic (exact) mass is 295 g/mol. The van der Waals surface area contributed by atoms with Crippen molar-refractivity contribution < 1.29 is 21.1 Å². The van der Waals surface area contributed by atoms with Crippen molar-refractivity contribution in [2.75, 3.05) is 0 Å². The zero-order chi connectivity index (χ0) is 5.28. The molecule has 0 aromatic heterocycles. The fraction of sp³-hybridized carbons (Fsp3) is 0.625. The van der Waals surface area contributed by atoms with Crippen molar-refractivity contribution in [3.8, 4) is 0 Å². The van der Waals surface area contributed by atoms with Crippen LogP contribution in [0.5, 0.6) is 0 Å². The van der Waals surface area contributed by atoms with Crippen molar-refractivity contribution in [3.05, 3.63) is 21.3 Å². The molecule has 0 saturated heterocycles. The molecule has 56 valence electrons. The maximum Gasteiger partial charge on any atom is 0 e. The molecule has 0 bridgehead atoms. The van der Waals surface area contributed by atoms with Gasteiger partial charge in [0.25, 0.3) is 0 Å². The molecule has 0 amide bonds. The van der Waals surface area contributed by atoms with Gasteiger partial charge in [-0.2, -0.15) is 11.8 Å². The van der Waals surface area contributed by atoms with Gasteiger partial charge in [0.15, 0.2) is 0 Å². The van der Waals surface area contributed by atoms with E-state index in [1.165, 1.54) is 19.3 Å². The standard InChI is InChI=1S/C7H12.CH3.W/c1-6-3-4-7(2)5-6;;/h6-7H,1-5H2;1H3;/q-2;-1;. The average Bonchev–Trinajstić information content (AvgIpc) is 1.87. The van der Waals surface area contributed by atoms with E-state index < -0.39 is 0 Å². The summed E-state index contributed by atoms with van der Waals surface area (Å²) in [6, 6.07) is 0. The molecule has 2 unspecified atom stereocenters. The molecule has 1 heteroatoms. The molecule has 0 aromatic rings. The van der Waals surface area contributed by atoms with Crippen LogP contribution in [0.4, 0.5) is 0 Å². The molecule has 1 saturated carbocycles. The third-order valence-corrected chi connectivity index (χ3v) is 1.65. The number of hydrogen-bond donors (Lipinski definition) is 0. The molecule has 0 heterocycles. The predicted molar refractivity (Wildman–Crippen MR) is 38.0 cm³/mol. The van der Waals surface area contributed by atoms with Crippen LogP contribution >= 0.6 is 0 Å². The van der Waals surface area contributed by atoms with Crippen molar-refractivity contribution in [1.82, 2.24) is 0 Å². The Morgan fingerprint density at radius 1 is 1.00 bits per heavy atom. The maximum atomic E-state index is 3.95. The molecule has 1 fully saturated rings. The summed E-state index contributed by atoms with van der Waals surface area (Å²) >= 11 is 0. The van der Waals surface area contributed by atoms with Crippen LogP contribution in [-0.4, -0.2) is 0 Å². The average molecular weight is 295 g/mol. The normalized spacial score (nSPS) is 32.7. The third kappa shape index (κ3) is 4.14. The van der Waals surface area contributed by atoms with Crippen molar-refractivity contribution in [2.45, 2.75) is 19.3 Å². The minimum atomic E-state index is 0. The second-order valence-electron chi connectivity index (χ2n) is 2.55. The molecule has 0 aliphatic heterocycles. The van der Waals surface area contributed by atoms with Crippen LogP contribution < -0.4 is 0 Å². The van der Waals surface area contributed by atoms with Crippen LogP contribution in [0.1, 0.15) is 19.3 Å². The molecule has 0 nitrogen and oxygen atoms in total. The zero-order valence-electron chi connectivity index (χ0n) is 6.10. The summed E-state index contributed by atoms with van der Waals surface area (Å²) in [5.74, 6) is 1.42. The molecular weight excluding hydrogens is 280 g/mol. The van der Waals surface area contributed by atoms with E-state index in [1.54, 1.807) is 0 Å². The molecule has 0 aromatic carbocycles. The quantitative estimate of drug-likeness (QED) is 0.602. The molecule has 0 spiro atoms. The summed E-state index contributed by atoms with van der Waals surface area (Å²) < 4.78 is 0. The van der Waals surface area contributed by atoms with E-state index in [0.717, 1.165) is 0 Å². The van der Waals surface area contributed by atoms with E-state index in [9.17, 15) is 0 Å². The molecule has 1 aliphatic carbocycles. The third-order valence-electron chi connectivity index (χ3n) is 1.65. The summed E-state index contributed by atoms with van der Waals surface area (Å²) in [5.41, 5.74) is 0. The van der Waals surface area contributed by atoms with Crippen LogP contribution in [0.2, 0.25) is 0 Å². The molecule has 9 heavy (non-hydrogen) atoms. The van der Waals surface area contributed by atoms with Gasteiger partial charge in [-0.3, -0.25) is 0 Å². The van der Waals surface area contributed by atoms with Crippen molar-refractivity contribution in [2.24, 2.45) is 11.8 Å². The number of rotatable bonds is 0. The molecule has 0 N–H and O–H groups in total. The van der Waals surface area contributed by atoms with E-state index in [4.69, 9.17) is 0 Å². The Hall–Kier alpha value is 0.688. The van der Waals surface area contributed by atoms with Crippen molar-refractivity contribution in [3.63, 3.8) is 0 Å². The van der Waals surface area contributed by atoms with Gasteiger partial charge >= 0.3 is 0 Å². The van der Waals surface area contributed by atoms with Gasteiger partial charge in [-0.1, -0.05) is 12.8 Å². The first-order chi connectivity index (χ1) is 3.29. The Bertz CT molecular complexity index is 53.6. The van der Waals surface area contributed by atoms with E-state index in [1.807, 2.05) is 0 Å². The van der Waals surface area contributed by atoms with Gasteiger partial charge in [0.05, 0.1) is 0 Å². The smallest absolute Gasteiger partial charge is 0 e. The summed E-state index contributed by atoms with van der Waals surface area (Å²) in [7, 11) is 0. The summed E-state index contributed by atoms with van der Waals surface area (Å²) in [6.45, 7) is 7.90. The Morgan fingerprint density at radius 2 is 1.33 bits per heavy atom. The summed E-state index contributed by atoms with van der Waals surface area (Å²) in [6.07, 6.45) is 3.85. The van der Waals surface area contributed by atoms with Crippen LogP contribution in [0, 0.1) is 33.1 Å². The second-order valence-corrected chi connectivity index (χ2v) is 2.55. The van der Waals surface area contributed by atoms with Gasteiger partial charge in [-0.15, -0.1) is 6.42 Å². The van der Waals surface area contributed by atoms with Gasteiger partial charge < -0.3 is 21.3 Å². The first-order valence-electron chi connectivity index (χ1n) is 2.95. The van der Waals surface area contributed by atoms with Crippen molar-refractivity contribution in [1.29, 1.82) is 0 Å². The minimum Gasteiger partial charge on any atom is -0.358 e. The Balaban J connectivity index is 0. The van der Waals surface area contributed by atoms with Crippen LogP contribution in [0.25, 0.3) is 0 Å². The summed E-state index contributed by atoms with van der Waals surface area (Å²) in [5, 5.41) is 0. The largest absolute Gasteiger partial charge is 0.358 e. The van der Waals surface area contributed by atoms with Crippen LogP contribution in [-0.2, 0) is 21.1 Å². The van der Waals surface area contributed by atoms with E-state index in [2.05, 4.69) is 13.8 Å². The first-order valence-corrected chi connectivity index (χ1v) is 2.95. The Labute approximate surface area is 73.7 Å². The molecule has 0 radical (unpaired) electrons. The van der Waals surface area contributed by atoms with Gasteiger partial charge in [0.1, 0.15) is 0 Å². The fourth-order valence-corrected chi connectivity index (χ4v) is 1.18. The van der Waals surface area contributed by atoms with Gasteiger partial charge in [0, 0.05) is 21.1 Å². The topological polar surface area (TPSA) is 0 Å². The Morgan fingerprint density at radius 3 is 1.44 bits per heavy atom. The molecule has 1 rings (SSSR count). The minimum absolute atomic E-state index is 0. The zero-order valence-corrected chi connectivity index (χ0v) is 9.03. The molecular formula is C8H15W-3. The fourth-order valence-electron chi connectivity index (χ4n) is 1.18. The number of hydrogen-bond acceptors (Lipinski definition) is 0. The van der Waals surface area contributed by atoms with E-state index in [-0.39, 0.29) is 28.5 Å². The van der Waals surface area contributed by atoms with Crippen molar-refractivity contribution >= 4 is 0 Å². The van der Waals surface area contributed by atoms with Gasteiger partial charge in [-0.25, -0.2) is 0 Å². The summed E-state index contributed by atoms with van der Waals surface area (Å²) in [4.78, 5) is 0. The maximum absolute atomic E-state index is 3.95. The van der Waals surface area contributed by atoms with E-state index in [0.29, 0.717) is 11.8 Å². The van der Waals surface area contributed by atoms with Gasteiger partial charge in [0.2, 0.25) is 0 Å². The SMILES string of the molecule is [CH2-]C1CCC([CH2-])C1.[CH3-].[W]. The predicted octanol–water partition coefficient (Wildman–Crippen LogP) is 2.52.